The lowest BCUT2D eigenvalue weighted by molar-refractivity contribution is -0.134. The Morgan fingerprint density at radius 1 is 1.32 bits per heavy atom. The second-order valence-electron chi connectivity index (χ2n) is 8.34. The fourth-order valence-electron chi connectivity index (χ4n) is 4.77. The van der Waals surface area contributed by atoms with Gasteiger partial charge in [-0.25, -0.2) is 4.98 Å². The molecular formula is C21H28N4O2S. The first-order valence-electron chi connectivity index (χ1n) is 9.97. The zero-order chi connectivity index (χ0) is 19.8. The van der Waals surface area contributed by atoms with Gasteiger partial charge in [-0.05, 0) is 45.8 Å². The van der Waals surface area contributed by atoms with E-state index in [2.05, 4.69) is 16.0 Å². The number of pyridine rings is 1. The van der Waals surface area contributed by atoms with Crippen molar-refractivity contribution < 1.29 is 4.79 Å². The zero-order valence-corrected chi connectivity index (χ0v) is 17.6. The second-order valence-corrected chi connectivity index (χ2v) is 9.40. The molecule has 0 aromatic carbocycles. The van der Waals surface area contributed by atoms with Crippen molar-refractivity contribution in [3.63, 3.8) is 0 Å². The van der Waals surface area contributed by atoms with Gasteiger partial charge in [-0.3, -0.25) is 9.59 Å². The highest BCUT2D eigenvalue weighted by Crippen LogP contribution is 2.41. The third-order valence-corrected chi connectivity index (χ3v) is 6.79. The van der Waals surface area contributed by atoms with Crippen molar-refractivity contribution in [2.24, 2.45) is 5.92 Å². The van der Waals surface area contributed by atoms with Crippen LogP contribution >= 0.6 is 11.3 Å². The Morgan fingerprint density at radius 2 is 2.14 bits per heavy atom. The molecular weight excluding hydrogens is 372 g/mol. The van der Waals surface area contributed by atoms with E-state index in [0.717, 1.165) is 35.9 Å². The van der Waals surface area contributed by atoms with Crippen LogP contribution in [0.15, 0.2) is 28.4 Å². The summed E-state index contributed by atoms with van der Waals surface area (Å²) in [5.74, 6) is 0.770. The van der Waals surface area contributed by atoms with Gasteiger partial charge in [0.2, 0.25) is 5.91 Å². The predicted molar refractivity (Wildman–Crippen MR) is 111 cm³/mol. The van der Waals surface area contributed by atoms with Crippen molar-refractivity contribution in [1.82, 2.24) is 19.4 Å². The highest BCUT2D eigenvalue weighted by atomic mass is 32.1. The van der Waals surface area contributed by atoms with Gasteiger partial charge < -0.3 is 14.4 Å². The topological polar surface area (TPSA) is 58.4 Å². The number of aryl methyl sites for hydroxylation is 2. The standard InChI is InChI=1S/C21H28N4O2S/c1-14-22-17(13-28-14)7-8-20(26)24-10-15-9-16(11-24)19(12-23(2)3)25-18(15)5-4-6-21(25)27/h4-6,13,15-16,19H,7-12H2,1-3H3/t15-,16+,19+/m1/s1. The molecule has 0 aliphatic carbocycles. The highest BCUT2D eigenvalue weighted by Gasteiger charge is 2.41. The number of fused-ring (bicyclic) bond motifs is 4. The minimum absolute atomic E-state index is 0.0812. The maximum Gasteiger partial charge on any atom is 0.251 e. The number of aromatic nitrogens is 2. The molecule has 0 saturated carbocycles. The number of hydrogen-bond acceptors (Lipinski definition) is 5. The minimum Gasteiger partial charge on any atom is -0.342 e. The molecule has 3 atom stereocenters. The zero-order valence-electron chi connectivity index (χ0n) is 16.8. The number of likely N-dealkylation sites (N-methyl/N-ethyl adjacent to an activating group) is 1. The van der Waals surface area contributed by atoms with Gasteiger partial charge in [-0.15, -0.1) is 11.3 Å². The normalized spacial score (nSPS) is 23.7. The molecule has 0 unspecified atom stereocenters. The molecule has 1 fully saturated rings. The Hall–Kier alpha value is -1.99. The molecule has 0 N–H and O–H groups in total. The van der Waals surface area contributed by atoms with Gasteiger partial charge in [-0.2, -0.15) is 0 Å². The molecule has 0 spiro atoms. The van der Waals surface area contributed by atoms with Gasteiger partial charge in [0.15, 0.2) is 0 Å². The predicted octanol–water partition coefficient (Wildman–Crippen LogP) is 2.29. The highest BCUT2D eigenvalue weighted by molar-refractivity contribution is 7.09. The van der Waals surface area contributed by atoms with Crippen LogP contribution in [0.3, 0.4) is 0 Å². The largest absolute Gasteiger partial charge is 0.342 e. The van der Waals surface area contributed by atoms with E-state index in [4.69, 9.17) is 0 Å². The number of carbonyl (C=O) groups is 1. The number of likely N-dealkylation sites (tertiary alicyclic amines) is 1. The summed E-state index contributed by atoms with van der Waals surface area (Å²) in [7, 11) is 4.09. The number of carbonyl (C=O) groups excluding carboxylic acids is 1. The molecule has 6 nitrogen and oxygen atoms in total. The van der Waals surface area contributed by atoms with Crippen LogP contribution in [0.25, 0.3) is 0 Å². The third-order valence-electron chi connectivity index (χ3n) is 5.96. The van der Waals surface area contributed by atoms with Gasteiger partial charge in [-0.1, -0.05) is 6.07 Å². The van der Waals surface area contributed by atoms with Crippen LogP contribution in [-0.4, -0.2) is 59.0 Å². The number of nitrogens with zero attached hydrogens (tertiary/aromatic N) is 4. The Kier molecular flexibility index (Phi) is 5.38. The quantitative estimate of drug-likeness (QED) is 0.773. The van der Waals surface area contributed by atoms with Crippen LogP contribution < -0.4 is 5.56 Å². The van der Waals surface area contributed by atoms with Crippen molar-refractivity contribution in [2.75, 3.05) is 33.7 Å². The van der Waals surface area contributed by atoms with E-state index in [1.807, 2.05) is 41.9 Å². The lowest BCUT2D eigenvalue weighted by Crippen LogP contribution is -2.52. The number of thiazole rings is 1. The summed E-state index contributed by atoms with van der Waals surface area (Å²) in [6, 6.07) is 5.70. The SMILES string of the molecule is Cc1nc(CCC(=O)N2C[C@H]3C[C@@H](C2)[C@H](CN(C)C)n2c3cccc2=O)cs1. The Balaban J connectivity index is 1.54. The molecule has 2 aliphatic heterocycles. The molecule has 7 heteroatoms. The first-order chi connectivity index (χ1) is 13.4. The first kappa shape index (κ1) is 19.3. The summed E-state index contributed by atoms with van der Waals surface area (Å²) >= 11 is 1.63. The average molecular weight is 401 g/mol. The van der Waals surface area contributed by atoms with Crippen LogP contribution in [0.5, 0.6) is 0 Å². The van der Waals surface area contributed by atoms with E-state index in [-0.39, 0.29) is 23.4 Å². The Labute approximate surface area is 169 Å². The molecule has 4 rings (SSSR count). The molecule has 2 bridgehead atoms. The number of rotatable bonds is 5. The van der Waals surface area contributed by atoms with E-state index >= 15 is 0 Å². The average Bonchev–Trinajstić information content (AvgIpc) is 3.08. The number of piperidine rings is 1. The minimum atomic E-state index is 0.0812. The van der Waals surface area contributed by atoms with Crippen LogP contribution in [0.4, 0.5) is 0 Å². The van der Waals surface area contributed by atoms with Crippen LogP contribution in [0, 0.1) is 12.8 Å². The summed E-state index contributed by atoms with van der Waals surface area (Å²) < 4.78 is 2.00. The van der Waals surface area contributed by atoms with Crippen molar-refractivity contribution in [2.45, 2.75) is 38.1 Å². The van der Waals surface area contributed by atoms with Gasteiger partial charge in [0, 0.05) is 49.1 Å². The summed E-state index contributed by atoms with van der Waals surface area (Å²) in [6.07, 6.45) is 2.26. The maximum atomic E-state index is 12.9. The van der Waals surface area contributed by atoms with E-state index < -0.39 is 0 Å². The van der Waals surface area contributed by atoms with Crippen LogP contribution in [-0.2, 0) is 11.2 Å². The molecule has 1 saturated heterocycles. The number of hydrogen-bond donors (Lipinski definition) is 0. The van der Waals surface area contributed by atoms with Gasteiger partial charge in [0.25, 0.3) is 5.56 Å². The summed E-state index contributed by atoms with van der Waals surface area (Å²) in [4.78, 5) is 34.2. The lowest BCUT2D eigenvalue weighted by atomic mass is 9.78. The molecule has 2 aromatic heterocycles. The second kappa shape index (κ2) is 7.79. The number of amides is 1. The van der Waals surface area contributed by atoms with E-state index in [9.17, 15) is 9.59 Å². The molecule has 4 heterocycles. The summed E-state index contributed by atoms with van der Waals surface area (Å²) in [5.41, 5.74) is 2.18. The lowest BCUT2D eigenvalue weighted by Gasteiger charge is -2.47. The first-order valence-corrected chi connectivity index (χ1v) is 10.9. The monoisotopic (exact) mass is 400 g/mol. The van der Waals surface area contributed by atoms with Crippen LogP contribution in [0.2, 0.25) is 0 Å². The Bertz CT molecular complexity index is 919. The van der Waals surface area contributed by atoms with Gasteiger partial charge in [0.05, 0.1) is 16.7 Å². The molecule has 2 aliphatic rings. The van der Waals surface area contributed by atoms with E-state index in [1.54, 1.807) is 17.4 Å². The van der Waals surface area contributed by atoms with E-state index in [1.165, 1.54) is 0 Å². The van der Waals surface area contributed by atoms with Crippen molar-refractivity contribution in [1.29, 1.82) is 0 Å². The summed E-state index contributed by atoms with van der Waals surface area (Å²) in [6.45, 7) is 4.26. The smallest absolute Gasteiger partial charge is 0.251 e. The third kappa shape index (κ3) is 3.78. The summed E-state index contributed by atoms with van der Waals surface area (Å²) in [5, 5.41) is 3.09. The van der Waals surface area contributed by atoms with Gasteiger partial charge in [0.1, 0.15) is 0 Å². The van der Waals surface area contributed by atoms with Crippen molar-refractivity contribution >= 4 is 17.2 Å². The van der Waals surface area contributed by atoms with Crippen molar-refractivity contribution in [3.05, 3.63) is 50.3 Å². The molecule has 0 radical (unpaired) electrons. The molecule has 150 valence electrons. The van der Waals surface area contributed by atoms with Gasteiger partial charge >= 0.3 is 0 Å². The molecule has 2 aromatic rings. The molecule has 28 heavy (non-hydrogen) atoms. The maximum absolute atomic E-state index is 12.9. The molecule has 1 amide bonds. The Morgan fingerprint density at radius 3 is 2.86 bits per heavy atom. The van der Waals surface area contributed by atoms with Crippen molar-refractivity contribution in [3.8, 4) is 0 Å². The fraction of sp³-hybridized carbons (Fsp3) is 0.571. The van der Waals surface area contributed by atoms with E-state index in [0.29, 0.717) is 25.3 Å². The van der Waals surface area contributed by atoms with Crippen LogP contribution in [0.1, 0.15) is 41.2 Å². The fourth-order valence-corrected chi connectivity index (χ4v) is 5.42.